The number of likely N-dealkylation sites (tertiary alicyclic amines) is 1. The van der Waals surface area contributed by atoms with E-state index in [-0.39, 0.29) is 17.6 Å². The molecule has 2 saturated heterocycles. The summed E-state index contributed by atoms with van der Waals surface area (Å²) in [6.07, 6.45) is 1.90. The van der Waals surface area contributed by atoms with E-state index in [1.165, 1.54) is 0 Å². The molecule has 2 rings (SSSR count). The number of rotatable bonds is 0. The maximum Gasteiger partial charge on any atom is 0.410 e. The SMILES string of the molecule is CC(C)(C)OC(=O)N1CCCC2(CNCC2N)C1. The van der Waals surface area contributed by atoms with E-state index in [2.05, 4.69) is 5.32 Å². The molecule has 3 N–H and O–H groups in total. The summed E-state index contributed by atoms with van der Waals surface area (Å²) in [7, 11) is 0. The quantitative estimate of drug-likeness (QED) is 0.676. The highest BCUT2D eigenvalue weighted by Gasteiger charge is 2.45. The van der Waals surface area contributed by atoms with Crippen molar-refractivity contribution in [3.63, 3.8) is 0 Å². The summed E-state index contributed by atoms with van der Waals surface area (Å²) >= 11 is 0. The van der Waals surface area contributed by atoms with Crippen molar-refractivity contribution in [1.29, 1.82) is 0 Å². The molecule has 2 heterocycles. The van der Waals surface area contributed by atoms with Crippen LogP contribution in [0, 0.1) is 5.41 Å². The minimum atomic E-state index is -0.433. The van der Waals surface area contributed by atoms with E-state index in [0.29, 0.717) is 0 Å². The summed E-state index contributed by atoms with van der Waals surface area (Å²) in [5, 5.41) is 3.34. The van der Waals surface area contributed by atoms with Crippen molar-refractivity contribution in [2.45, 2.75) is 45.3 Å². The number of nitrogens with one attached hydrogen (secondary N) is 1. The molecule has 0 bridgehead atoms. The van der Waals surface area contributed by atoms with Gasteiger partial charge in [0.2, 0.25) is 0 Å². The van der Waals surface area contributed by atoms with Crippen LogP contribution in [0.2, 0.25) is 0 Å². The first-order chi connectivity index (χ1) is 8.32. The van der Waals surface area contributed by atoms with E-state index < -0.39 is 5.60 Å². The van der Waals surface area contributed by atoms with Gasteiger partial charge in [0.25, 0.3) is 0 Å². The van der Waals surface area contributed by atoms with Crippen molar-refractivity contribution in [3.8, 4) is 0 Å². The average molecular weight is 255 g/mol. The van der Waals surface area contributed by atoms with Crippen molar-refractivity contribution < 1.29 is 9.53 Å². The number of piperidine rings is 1. The zero-order valence-electron chi connectivity index (χ0n) is 11.7. The van der Waals surface area contributed by atoms with Gasteiger partial charge in [0, 0.05) is 37.6 Å². The number of nitrogens with zero attached hydrogens (tertiary/aromatic N) is 1. The van der Waals surface area contributed by atoms with E-state index in [4.69, 9.17) is 10.5 Å². The molecule has 1 amide bonds. The summed E-state index contributed by atoms with van der Waals surface area (Å²) in [4.78, 5) is 13.9. The van der Waals surface area contributed by atoms with Crippen LogP contribution in [0.25, 0.3) is 0 Å². The molecule has 2 atom stereocenters. The molecule has 104 valence electrons. The van der Waals surface area contributed by atoms with Crippen LogP contribution in [-0.4, -0.2) is 48.8 Å². The molecule has 2 fully saturated rings. The number of hydrogen-bond acceptors (Lipinski definition) is 4. The van der Waals surface area contributed by atoms with Crippen LogP contribution in [0.3, 0.4) is 0 Å². The van der Waals surface area contributed by atoms with Gasteiger partial charge in [-0.1, -0.05) is 0 Å². The Kier molecular flexibility index (Phi) is 3.56. The molecule has 0 saturated carbocycles. The minimum Gasteiger partial charge on any atom is -0.444 e. The van der Waals surface area contributed by atoms with Crippen molar-refractivity contribution in [2.24, 2.45) is 11.1 Å². The number of carbonyl (C=O) groups excluding carboxylic acids is 1. The minimum absolute atomic E-state index is 0.0507. The lowest BCUT2D eigenvalue weighted by molar-refractivity contribution is 0.00494. The fourth-order valence-corrected chi connectivity index (χ4v) is 2.91. The standard InChI is InChI=1S/C13H25N3O2/c1-12(2,3)18-11(17)16-6-4-5-13(9-16)8-15-7-10(13)14/h10,15H,4-9,14H2,1-3H3. The molecule has 18 heavy (non-hydrogen) atoms. The summed E-state index contributed by atoms with van der Waals surface area (Å²) < 4.78 is 5.44. The van der Waals surface area contributed by atoms with Crippen LogP contribution in [0.1, 0.15) is 33.6 Å². The van der Waals surface area contributed by atoms with Gasteiger partial charge in [0.1, 0.15) is 5.60 Å². The first-order valence-corrected chi connectivity index (χ1v) is 6.77. The van der Waals surface area contributed by atoms with Gasteiger partial charge in [-0.05, 0) is 33.6 Å². The number of amides is 1. The van der Waals surface area contributed by atoms with Crippen LogP contribution in [0.15, 0.2) is 0 Å². The lowest BCUT2D eigenvalue weighted by Crippen LogP contribution is -2.54. The van der Waals surface area contributed by atoms with Crippen molar-refractivity contribution >= 4 is 6.09 Å². The molecule has 2 aliphatic heterocycles. The second-order valence-electron chi connectivity index (χ2n) is 6.61. The van der Waals surface area contributed by atoms with Gasteiger partial charge >= 0.3 is 6.09 Å². The summed E-state index contributed by atoms with van der Waals surface area (Å²) in [5.41, 5.74) is 5.81. The second kappa shape index (κ2) is 4.70. The molecule has 1 spiro atoms. The molecule has 5 nitrogen and oxygen atoms in total. The van der Waals surface area contributed by atoms with Crippen LogP contribution in [0.4, 0.5) is 4.79 Å². The Hall–Kier alpha value is -0.810. The van der Waals surface area contributed by atoms with Crippen molar-refractivity contribution in [1.82, 2.24) is 10.2 Å². The van der Waals surface area contributed by atoms with Gasteiger partial charge in [0.05, 0.1) is 0 Å². The molecular weight excluding hydrogens is 230 g/mol. The normalized spacial score (nSPS) is 32.9. The van der Waals surface area contributed by atoms with Crippen molar-refractivity contribution in [3.05, 3.63) is 0 Å². The van der Waals surface area contributed by atoms with Gasteiger partial charge in [-0.25, -0.2) is 4.79 Å². The molecular formula is C13H25N3O2. The van der Waals surface area contributed by atoms with Gasteiger partial charge in [0.15, 0.2) is 0 Å². The van der Waals surface area contributed by atoms with E-state index in [9.17, 15) is 4.79 Å². The van der Waals surface area contributed by atoms with Crippen LogP contribution < -0.4 is 11.1 Å². The van der Waals surface area contributed by atoms with Crippen LogP contribution >= 0.6 is 0 Å². The molecule has 2 unspecified atom stereocenters. The third-order valence-corrected chi connectivity index (χ3v) is 3.89. The first kappa shape index (κ1) is 13.6. The largest absolute Gasteiger partial charge is 0.444 e. The number of hydrogen-bond donors (Lipinski definition) is 2. The average Bonchev–Trinajstić information content (AvgIpc) is 2.58. The highest BCUT2D eigenvalue weighted by Crippen LogP contribution is 2.35. The smallest absolute Gasteiger partial charge is 0.410 e. The molecule has 0 aromatic carbocycles. The fraction of sp³-hybridized carbons (Fsp3) is 0.923. The van der Waals surface area contributed by atoms with E-state index in [1.807, 2.05) is 25.7 Å². The van der Waals surface area contributed by atoms with E-state index >= 15 is 0 Å². The summed E-state index contributed by atoms with van der Waals surface area (Å²) in [5.74, 6) is 0. The fourth-order valence-electron chi connectivity index (χ4n) is 2.91. The van der Waals surface area contributed by atoms with E-state index in [0.717, 1.165) is 39.0 Å². The van der Waals surface area contributed by atoms with Gasteiger partial charge < -0.3 is 20.7 Å². The van der Waals surface area contributed by atoms with Gasteiger partial charge in [-0.15, -0.1) is 0 Å². The lowest BCUT2D eigenvalue weighted by atomic mass is 9.76. The third kappa shape index (κ3) is 2.78. The number of nitrogens with two attached hydrogens (primary N) is 1. The highest BCUT2D eigenvalue weighted by molar-refractivity contribution is 5.68. The van der Waals surface area contributed by atoms with Crippen LogP contribution in [0.5, 0.6) is 0 Å². The zero-order valence-corrected chi connectivity index (χ0v) is 11.7. The Morgan fingerprint density at radius 1 is 1.50 bits per heavy atom. The Balaban J connectivity index is 2.01. The van der Waals surface area contributed by atoms with Gasteiger partial charge in [-0.2, -0.15) is 0 Å². The maximum absolute atomic E-state index is 12.1. The number of carbonyl (C=O) groups is 1. The molecule has 2 aliphatic rings. The van der Waals surface area contributed by atoms with Crippen LogP contribution in [-0.2, 0) is 4.74 Å². The molecule has 0 radical (unpaired) electrons. The predicted molar refractivity (Wildman–Crippen MR) is 70.3 cm³/mol. The first-order valence-electron chi connectivity index (χ1n) is 6.77. The Morgan fingerprint density at radius 2 is 2.22 bits per heavy atom. The monoisotopic (exact) mass is 255 g/mol. The van der Waals surface area contributed by atoms with E-state index in [1.54, 1.807) is 0 Å². The summed E-state index contributed by atoms with van der Waals surface area (Å²) in [6, 6.07) is 0.141. The molecule has 0 aromatic rings. The summed E-state index contributed by atoms with van der Waals surface area (Å²) in [6.45, 7) is 8.95. The third-order valence-electron chi connectivity index (χ3n) is 3.89. The lowest BCUT2D eigenvalue weighted by Gasteiger charge is -2.42. The Labute approximate surface area is 109 Å². The topological polar surface area (TPSA) is 67.6 Å². The Bertz CT molecular complexity index is 327. The highest BCUT2D eigenvalue weighted by atomic mass is 16.6. The number of ether oxygens (including phenoxy) is 1. The second-order valence-corrected chi connectivity index (χ2v) is 6.61. The maximum atomic E-state index is 12.1. The van der Waals surface area contributed by atoms with Crippen molar-refractivity contribution in [2.75, 3.05) is 26.2 Å². The molecule has 0 aliphatic carbocycles. The Morgan fingerprint density at radius 3 is 2.78 bits per heavy atom. The predicted octanol–water partition coefficient (Wildman–Crippen LogP) is 0.934. The van der Waals surface area contributed by atoms with Gasteiger partial charge in [-0.3, -0.25) is 0 Å². The molecule has 0 aromatic heterocycles. The zero-order chi connectivity index (χ0) is 13.4. The molecule has 5 heteroatoms.